The van der Waals surface area contributed by atoms with E-state index in [1.807, 2.05) is 0 Å². The van der Waals surface area contributed by atoms with E-state index in [1.165, 1.54) is 4.68 Å². The molecule has 2 aromatic heterocycles. The van der Waals surface area contributed by atoms with Crippen LogP contribution in [0.5, 0.6) is 0 Å². The molecular formula is C12H16N6O3. The third-order valence-corrected chi connectivity index (χ3v) is 3.05. The van der Waals surface area contributed by atoms with Crippen LogP contribution in [0.25, 0.3) is 11.4 Å². The molecule has 2 heterocycles. The van der Waals surface area contributed by atoms with Gasteiger partial charge in [0.2, 0.25) is 5.91 Å². The van der Waals surface area contributed by atoms with Crippen molar-refractivity contribution in [2.24, 2.45) is 7.05 Å². The molecule has 112 valence electrons. The van der Waals surface area contributed by atoms with Crippen molar-refractivity contribution in [1.82, 2.24) is 29.9 Å². The molecule has 9 heteroatoms. The summed E-state index contributed by atoms with van der Waals surface area (Å²) >= 11 is 0. The maximum absolute atomic E-state index is 11.3. The first-order chi connectivity index (χ1) is 10.0. The third-order valence-electron chi connectivity index (χ3n) is 3.05. The summed E-state index contributed by atoms with van der Waals surface area (Å²) in [5, 5.41) is 19.3. The molecule has 2 N–H and O–H groups in total. The summed E-state index contributed by atoms with van der Waals surface area (Å²) in [4.78, 5) is 26.5. The van der Waals surface area contributed by atoms with Crippen LogP contribution in [-0.4, -0.2) is 48.6 Å². The fourth-order valence-electron chi connectivity index (χ4n) is 1.97. The number of aromatic carboxylic acids is 1. The Kier molecular flexibility index (Phi) is 4.31. The standard InChI is InChI=1S/C12H16N6O3/c1-13-9(19)4-3-5-18-11(8-6-14-7-17(8)2)10(12(20)21)15-16-18/h6-7H,3-5H2,1-2H3,(H,13,19)(H,20,21). The van der Waals surface area contributed by atoms with Gasteiger partial charge in [0.25, 0.3) is 0 Å². The lowest BCUT2D eigenvalue weighted by atomic mass is 10.2. The van der Waals surface area contributed by atoms with Gasteiger partial charge in [0.05, 0.1) is 18.2 Å². The molecule has 0 saturated heterocycles. The molecule has 0 spiro atoms. The SMILES string of the molecule is CNC(=O)CCCn1nnc(C(=O)O)c1-c1cncn1C. The Morgan fingerprint density at radius 3 is 2.76 bits per heavy atom. The van der Waals surface area contributed by atoms with Crippen LogP contribution in [0, 0.1) is 0 Å². The Bertz CT molecular complexity index is 660. The van der Waals surface area contributed by atoms with Crippen molar-refractivity contribution in [3.05, 3.63) is 18.2 Å². The minimum absolute atomic E-state index is 0.0735. The summed E-state index contributed by atoms with van der Waals surface area (Å²) < 4.78 is 3.18. The number of carbonyl (C=O) groups is 2. The Morgan fingerprint density at radius 1 is 1.43 bits per heavy atom. The van der Waals surface area contributed by atoms with Gasteiger partial charge in [0.15, 0.2) is 5.69 Å². The van der Waals surface area contributed by atoms with Crippen LogP contribution in [0.15, 0.2) is 12.5 Å². The van der Waals surface area contributed by atoms with E-state index >= 15 is 0 Å². The van der Waals surface area contributed by atoms with Crippen LogP contribution >= 0.6 is 0 Å². The van der Waals surface area contributed by atoms with E-state index in [2.05, 4.69) is 20.6 Å². The third kappa shape index (κ3) is 3.07. The number of carbonyl (C=O) groups excluding carboxylic acids is 1. The maximum Gasteiger partial charge on any atom is 0.358 e. The summed E-state index contributed by atoms with van der Waals surface area (Å²) in [6, 6.07) is 0. The molecule has 0 aromatic carbocycles. The Labute approximate surface area is 120 Å². The number of carboxylic acids is 1. The number of carboxylic acid groups (broad SMARTS) is 1. The van der Waals surface area contributed by atoms with Gasteiger partial charge in [0.1, 0.15) is 5.69 Å². The zero-order valence-electron chi connectivity index (χ0n) is 11.8. The molecule has 0 saturated carbocycles. The molecule has 0 aliphatic rings. The van der Waals surface area contributed by atoms with E-state index in [1.54, 1.807) is 31.2 Å². The zero-order valence-corrected chi connectivity index (χ0v) is 11.8. The molecule has 1 amide bonds. The Balaban J connectivity index is 2.28. The van der Waals surface area contributed by atoms with Gasteiger partial charge in [0, 0.05) is 27.1 Å². The highest BCUT2D eigenvalue weighted by molar-refractivity contribution is 5.92. The van der Waals surface area contributed by atoms with Crippen molar-refractivity contribution in [2.75, 3.05) is 7.05 Å². The molecule has 0 aliphatic heterocycles. The van der Waals surface area contributed by atoms with Crippen LogP contribution in [0.1, 0.15) is 23.3 Å². The quantitative estimate of drug-likeness (QED) is 0.768. The Morgan fingerprint density at radius 2 is 2.19 bits per heavy atom. The first-order valence-corrected chi connectivity index (χ1v) is 6.38. The summed E-state index contributed by atoms with van der Waals surface area (Å²) in [6.07, 6.45) is 4.00. The van der Waals surface area contributed by atoms with Gasteiger partial charge in [-0.3, -0.25) is 4.79 Å². The topological polar surface area (TPSA) is 115 Å². The van der Waals surface area contributed by atoms with E-state index in [9.17, 15) is 14.7 Å². The number of nitrogens with one attached hydrogen (secondary N) is 1. The van der Waals surface area contributed by atoms with E-state index in [0.29, 0.717) is 30.8 Å². The maximum atomic E-state index is 11.3. The van der Waals surface area contributed by atoms with Crippen LogP contribution < -0.4 is 5.32 Å². The number of hydrogen-bond acceptors (Lipinski definition) is 5. The normalized spacial score (nSPS) is 10.6. The number of aryl methyl sites for hydroxylation is 2. The van der Waals surface area contributed by atoms with Gasteiger partial charge in [-0.1, -0.05) is 5.21 Å². The lowest BCUT2D eigenvalue weighted by molar-refractivity contribution is -0.120. The summed E-state index contributed by atoms with van der Waals surface area (Å²) in [5.41, 5.74) is 0.871. The molecule has 0 unspecified atom stereocenters. The van der Waals surface area contributed by atoms with E-state index in [0.717, 1.165) is 0 Å². The smallest absolute Gasteiger partial charge is 0.358 e. The van der Waals surface area contributed by atoms with Gasteiger partial charge in [-0.15, -0.1) is 5.10 Å². The summed E-state index contributed by atoms with van der Waals surface area (Å²) in [5.74, 6) is -1.22. The largest absolute Gasteiger partial charge is 0.476 e. The monoisotopic (exact) mass is 292 g/mol. The van der Waals surface area contributed by atoms with Crippen molar-refractivity contribution in [3.63, 3.8) is 0 Å². The number of aromatic nitrogens is 5. The van der Waals surface area contributed by atoms with Crippen molar-refractivity contribution in [2.45, 2.75) is 19.4 Å². The van der Waals surface area contributed by atoms with Crippen LogP contribution in [0.2, 0.25) is 0 Å². The molecule has 21 heavy (non-hydrogen) atoms. The second kappa shape index (κ2) is 6.16. The first-order valence-electron chi connectivity index (χ1n) is 6.38. The number of hydrogen-bond donors (Lipinski definition) is 2. The minimum Gasteiger partial charge on any atom is -0.476 e. The predicted octanol–water partition coefficient (Wildman–Crippen LogP) is -0.0970. The predicted molar refractivity (Wildman–Crippen MR) is 72.5 cm³/mol. The number of amides is 1. The second-order valence-corrected chi connectivity index (χ2v) is 4.48. The van der Waals surface area contributed by atoms with Gasteiger partial charge in [-0.2, -0.15) is 0 Å². The average Bonchev–Trinajstić information content (AvgIpc) is 3.04. The van der Waals surface area contributed by atoms with Crippen molar-refractivity contribution in [3.8, 4) is 11.4 Å². The van der Waals surface area contributed by atoms with Crippen LogP contribution in [0.3, 0.4) is 0 Å². The highest BCUT2D eigenvalue weighted by Crippen LogP contribution is 2.21. The number of rotatable bonds is 6. The van der Waals surface area contributed by atoms with Crippen LogP contribution in [0.4, 0.5) is 0 Å². The fourth-order valence-corrected chi connectivity index (χ4v) is 1.97. The van der Waals surface area contributed by atoms with E-state index in [4.69, 9.17) is 0 Å². The lowest BCUT2D eigenvalue weighted by Crippen LogP contribution is -2.18. The number of nitrogens with zero attached hydrogens (tertiary/aromatic N) is 5. The van der Waals surface area contributed by atoms with Gasteiger partial charge < -0.3 is 15.0 Å². The molecular weight excluding hydrogens is 276 g/mol. The summed E-state index contributed by atoms with van der Waals surface area (Å²) in [6.45, 7) is 0.397. The molecule has 0 fully saturated rings. The average molecular weight is 292 g/mol. The lowest BCUT2D eigenvalue weighted by Gasteiger charge is -2.07. The van der Waals surface area contributed by atoms with E-state index in [-0.39, 0.29) is 11.6 Å². The molecule has 2 rings (SSSR count). The first kappa shape index (κ1) is 14.7. The molecule has 0 radical (unpaired) electrons. The summed E-state index contributed by atoms with van der Waals surface area (Å²) in [7, 11) is 3.33. The minimum atomic E-state index is -1.15. The zero-order chi connectivity index (χ0) is 15.4. The van der Waals surface area contributed by atoms with E-state index < -0.39 is 5.97 Å². The van der Waals surface area contributed by atoms with Gasteiger partial charge >= 0.3 is 5.97 Å². The number of imidazole rings is 1. The highest BCUT2D eigenvalue weighted by atomic mass is 16.4. The molecule has 0 aliphatic carbocycles. The van der Waals surface area contributed by atoms with Crippen molar-refractivity contribution < 1.29 is 14.7 Å². The van der Waals surface area contributed by atoms with Gasteiger partial charge in [-0.05, 0) is 6.42 Å². The second-order valence-electron chi connectivity index (χ2n) is 4.48. The highest BCUT2D eigenvalue weighted by Gasteiger charge is 2.22. The Hall–Kier alpha value is -2.71. The van der Waals surface area contributed by atoms with Crippen molar-refractivity contribution >= 4 is 11.9 Å². The fraction of sp³-hybridized carbons (Fsp3) is 0.417. The van der Waals surface area contributed by atoms with Crippen LogP contribution in [-0.2, 0) is 18.4 Å². The molecule has 0 atom stereocenters. The van der Waals surface area contributed by atoms with Crippen molar-refractivity contribution in [1.29, 1.82) is 0 Å². The van der Waals surface area contributed by atoms with Gasteiger partial charge in [-0.25, -0.2) is 14.5 Å². The molecule has 9 nitrogen and oxygen atoms in total. The molecule has 0 bridgehead atoms. The molecule has 2 aromatic rings.